The molecule has 0 saturated heterocycles. The highest BCUT2D eigenvalue weighted by atomic mass is 16.3. The molecule has 0 fully saturated rings. The van der Waals surface area contributed by atoms with E-state index in [0.29, 0.717) is 5.69 Å². The summed E-state index contributed by atoms with van der Waals surface area (Å²) in [4.78, 5) is 26.2. The van der Waals surface area contributed by atoms with Gasteiger partial charge in [-0.1, -0.05) is 19.9 Å². The van der Waals surface area contributed by atoms with E-state index in [-0.39, 0.29) is 24.1 Å². The second-order valence-corrected chi connectivity index (χ2v) is 5.75. The molecule has 134 valence electrons. The zero-order chi connectivity index (χ0) is 18.1. The van der Waals surface area contributed by atoms with Gasteiger partial charge in [0.15, 0.2) is 5.76 Å². The van der Waals surface area contributed by atoms with E-state index in [4.69, 9.17) is 4.42 Å². The average molecular weight is 343 g/mol. The number of nitrogens with one attached hydrogen (secondary N) is 2. The van der Waals surface area contributed by atoms with Crippen molar-refractivity contribution in [3.63, 3.8) is 0 Å². The van der Waals surface area contributed by atoms with Gasteiger partial charge < -0.3 is 20.0 Å². The van der Waals surface area contributed by atoms with Crippen LogP contribution in [0.5, 0.6) is 0 Å². The summed E-state index contributed by atoms with van der Waals surface area (Å²) in [6.07, 6.45) is 3.34. The fourth-order valence-corrected chi connectivity index (χ4v) is 2.50. The van der Waals surface area contributed by atoms with Crippen LogP contribution in [-0.2, 0) is 4.79 Å². The summed E-state index contributed by atoms with van der Waals surface area (Å²) in [5.74, 6) is 0.0207. The molecule has 0 unspecified atom stereocenters. The molecule has 1 aromatic carbocycles. The van der Waals surface area contributed by atoms with E-state index in [2.05, 4.69) is 24.5 Å². The maximum atomic E-state index is 12.3. The number of amides is 2. The molecule has 0 aliphatic carbocycles. The normalized spacial score (nSPS) is 10.3. The summed E-state index contributed by atoms with van der Waals surface area (Å²) >= 11 is 0. The Morgan fingerprint density at radius 2 is 1.76 bits per heavy atom. The molecule has 0 atom stereocenters. The van der Waals surface area contributed by atoms with Gasteiger partial charge in [-0.05, 0) is 43.2 Å². The van der Waals surface area contributed by atoms with Crippen molar-refractivity contribution in [3.8, 4) is 0 Å². The van der Waals surface area contributed by atoms with Gasteiger partial charge in [0.2, 0.25) is 5.91 Å². The lowest BCUT2D eigenvalue weighted by Crippen LogP contribution is -2.36. The Morgan fingerprint density at radius 1 is 1.04 bits per heavy atom. The van der Waals surface area contributed by atoms with Crippen LogP contribution in [0, 0.1) is 0 Å². The van der Waals surface area contributed by atoms with Crippen LogP contribution >= 0.6 is 0 Å². The predicted molar refractivity (Wildman–Crippen MR) is 98.8 cm³/mol. The third kappa shape index (κ3) is 5.67. The van der Waals surface area contributed by atoms with Gasteiger partial charge >= 0.3 is 0 Å². The molecule has 1 heterocycles. The lowest BCUT2D eigenvalue weighted by atomic mass is 10.2. The minimum atomic E-state index is -0.310. The van der Waals surface area contributed by atoms with Crippen LogP contribution in [0.2, 0.25) is 0 Å². The van der Waals surface area contributed by atoms with Gasteiger partial charge in [0.05, 0.1) is 12.8 Å². The standard InChI is InChI=1S/C19H25N3O3/c1-3-10-22(11-4-2)18(23)14-20-15-7-5-8-16(13-15)21-19(24)17-9-6-12-25-17/h5-9,12-13,20H,3-4,10-11,14H2,1-2H3,(H,21,24). The molecular formula is C19H25N3O3. The summed E-state index contributed by atoms with van der Waals surface area (Å²) in [7, 11) is 0. The SMILES string of the molecule is CCCN(CCC)C(=O)CNc1cccc(NC(=O)c2ccco2)c1. The van der Waals surface area contributed by atoms with Crippen molar-refractivity contribution in [1.29, 1.82) is 0 Å². The first-order chi connectivity index (χ1) is 12.1. The number of hydrogen-bond donors (Lipinski definition) is 2. The minimum Gasteiger partial charge on any atom is -0.459 e. The number of carbonyl (C=O) groups excluding carboxylic acids is 2. The lowest BCUT2D eigenvalue weighted by molar-refractivity contribution is -0.129. The first-order valence-corrected chi connectivity index (χ1v) is 8.60. The molecule has 0 aliphatic rings. The topological polar surface area (TPSA) is 74.6 Å². The van der Waals surface area contributed by atoms with Crippen LogP contribution in [0.25, 0.3) is 0 Å². The van der Waals surface area contributed by atoms with Crippen molar-refractivity contribution in [2.75, 3.05) is 30.3 Å². The number of anilines is 2. The van der Waals surface area contributed by atoms with Crippen molar-refractivity contribution in [1.82, 2.24) is 4.90 Å². The van der Waals surface area contributed by atoms with E-state index in [1.807, 2.05) is 17.0 Å². The third-order valence-corrected chi connectivity index (χ3v) is 3.65. The van der Waals surface area contributed by atoms with Gasteiger partial charge in [-0.15, -0.1) is 0 Å². The summed E-state index contributed by atoms with van der Waals surface area (Å²) in [6, 6.07) is 10.5. The largest absolute Gasteiger partial charge is 0.459 e. The van der Waals surface area contributed by atoms with Gasteiger partial charge in [-0.3, -0.25) is 9.59 Å². The van der Waals surface area contributed by atoms with Crippen molar-refractivity contribution in [3.05, 3.63) is 48.4 Å². The summed E-state index contributed by atoms with van der Waals surface area (Å²) < 4.78 is 5.07. The number of nitrogens with zero attached hydrogens (tertiary/aromatic N) is 1. The smallest absolute Gasteiger partial charge is 0.291 e. The Bertz CT molecular complexity index is 677. The van der Waals surface area contributed by atoms with E-state index in [1.54, 1.807) is 24.3 Å². The molecule has 2 N–H and O–H groups in total. The third-order valence-electron chi connectivity index (χ3n) is 3.65. The molecule has 2 aromatic rings. The molecule has 25 heavy (non-hydrogen) atoms. The molecule has 0 saturated carbocycles. The average Bonchev–Trinajstić information content (AvgIpc) is 3.14. The minimum absolute atomic E-state index is 0.0775. The second-order valence-electron chi connectivity index (χ2n) is 5.75. The number of hydrogen-bond acceptors (Lipinski definition) is 4. The van der Waals surface area contributed by atoms with Crippen LogP contribution < -0.4 is 10.6 Å². The molecule has 0 aliphatic heterocycles. The molecule has 6 heteroatoms. The Kier molecular flexibility index (Phi) is 7.07. The zero-order valence-corrected chi connectivity index (χ0v) is 14.7. The summed E-state index contributed by atoms with van der Waals surface area (Å²) in [5, 5.41) is 5.89. The Balaban J connectivity index is 1.92. The zero-order valence-electron chi connectivity index (χ0n) is 14.7. The maximum absolute atomic E-state index is 12.3. The second kappa shape index (κ2) is 9.52. The summed E-state index contributed by atoms with van der Waals surface area (Å²) in [5.41, 5.74) is 1.41. The molecule has 2 rings (SSSR count). The molecule has 6 nitrogen and oxygen atoms in total. The number of carbonyl (C=O) groups is 2. The van der Waals surface area contributed by atoms with Gasteiger partial charge in [-0.25, -0.2) is 0 Å². The van der Waals surface area contributed by atoms with Crippen LogP contribution in [0.3, 0.4) is 0 Å². The van der Waals surface area contributed by atoms with E-state index < -0.39 is 0 Å². The first-order valence-electron chi connectivity index (χ1n) is 8.60. The first kappa shape index (κ1) is 18.6. The van der Waals surface area contributed by atoms with Gasteiger partial charge in [-0.2, -0.15) is 0 Å². The molecular weight excluding hydrogens is 318 g/mol. The molecule has 0 spiro atoms. The Hall–Kier alpha value is -2.76. The van der Waals surface area contributed by atoms with Crippen molar-refractivity contribution >= 4 is 23.2 Å². The summed E-state index contributed by atoms with van der Waals surface area (Å²) in [6.45, 7) is 5.90. The monoisotopic (exact) mass is 343 g/mol. The fourth-order valence-electron chi connectivity index (χ4n) is 2.50. The molecule has 1 aromatic heterocycles. The van der Waals surface area contributed by atoms with Crippen molar-refractivity contribution < 1.29 is 14.0 Å². The van der Waals surface area contributed by atoms with Crippen molar-refractivity contribution in [2.45, 2.75) is 26.7 Å². The van der Waals surface area contributed by atoms with Gasteiger partial charge in [0.1, 0.15) is 0 Å². The highest BCUT2D eigenvalue weighted by molar-refractivity contribution is 6.02. The quantitative estimate of drug-likeness (QED) is 0.729. The van der Waals surface area contributed by atoms with Gasteiger partial charge in [0, 0.05) is 24.5 Å². The van der Waals surface area contributed by atoms with E-state index in [1.165, 1.54) is 6.26 Å². The van der Waals surface area contributed by atoms with Crippen LogP contribution in [-0.4, -0.2) is 36.3 Å². The highest BCUT2D eigenvalue weighted by Gasteiger charge is 2.12. The van der Waals surface area contributed by atoms with Crippen LogP contribution in [0.15, 0.2) is 47.1 Å². The van der Waals surface area contributed by atoms with Crippen LogP contribution in [0.4, 0.5) is 11.4 Å². The predicted octanol–water partition coefficient (Wildman–Crippen LogP) is 3.59. The van der Waals surface area contributed by atoms with E-state index in [9.17, 15) is 9.59 Å². The van der Waals surface area contributed by atoms with Crippen molar-refractivity contribution in [2.24, 2.45) is 0 Å². The van der Waals surface area contributed by atoms with E-state index >= 15 is 0 Å². The Labute approximate surface area is 148 Å². The number of benzene rings is 1. The Morgan fingerprint density at radius 3 is 2.40 bits per heavy atom. The lowest BCUT2D eigenvalue weighted by Gasteiger charge is -2.22. The van der Waals surface area contributed by atoms with Crippen LogP contribution in [0.1, 0.15) is 37.2 Å². The number of furan rings is 1. The maximum Gasteiger partial charge on any atom is 0.291 e. The van der Waals surface area contributed by atoms with Gasteiger partial charge in [0.25, 0.3) is 5.91 Å². The molecule has 0 bridgehead atoms. The highest BCUT2D eigenvalue weighted by Crippen LogP contribution is 2.16. The number of rotatable bonds is 9. The van der Waals surface area contributed by atoms with E-state index in [0.717, 1.165) is 31.6 Å². The molecule has 2 amide bonds. The molecule has 0 radical (unpaired) electrons. The fraction of sp³-hybridized carbons (Fsp3) is 0.368.